The summed E-state index contributed by atoms with van der Waals surface area (Å²) in [5.74, 6) is 0. The lowest BCUT2D eigenvalue weighted by molar-refractivity contribution is -0.397. The van der Waals surface area contributed by atoms with Gasteiger partial charge in [-0.15, -0.1) is 0 Å². The third-order valence-corrected chi connectivity index (χ3v) is 16.9. The van der Waals surface area contributed by atoms with Crippen LogP contribution in [0.1, 0.15) is 6.92 Å². The fourth-order valence-electron chi connectivity index (χ4n) is 11.8. The van der Waals surface area contributed by atoms with Gasteiger partial charge in [-0.05, 0) is 12.5 Å². The molecule has 7 fully saturated rings. The van der Waals surface area contributed by atoms with E-state index in [9.17, 15) is 128 Å². The zero-order valence-electron chi connectivity index (χ0n) is 46.5. The van der Waals surface area contributed by atoms with Crippen LogP contribution in [0.5, 0.6) is 0 Å². The third-order valence-electron chi connectivity index (χ3n) is 16.9. The van der Waals surface area contributed by atoms with E-state index >= 15 is 0 Å². The van der Waals surface area contributed by atoms with E-state index in [1.54, 1.807) is 0 Å². The zero-order chi connectivity index (χ0) is 64.7. The van der Waals surface area contributed by atoms with Gasteiger partial charge in [-0.2, -0.15) is 0 Å². The lowest BCUT2D eigenvalue weighted by Crippen LogP contribution is -2.69. The third kappa shape index (κ3) is 14.5. The molecule has 7 heterocycles. The Morgan fingerprint density at radius 3 is 0.864 bits per heavy atom. The van der Waals surface area contributed by atoms with Gasteiger partial charge in [-0.1, -0.05) is 6.08 Å². The van der Waals surface area contributed by atoms with Gasteiger partial charge in [0.05, 0.1) is 64.4 Å². The molecule has 0 radical (unpaired) electrons. The molecule has 1 aliphatic carbocycles. The van der Waals surface area contributed by atoms with Crippen molar-refractivity contribution in [2.24, 2.45) is 0 Å². The predicted octanol–water partition coefficient (Wildman–Crippen LogP) is -17.3. The van der Waals surface area contributed by atoms with Gasteiger partial charge in [0, 0.05) is 0 Å². The predicted molar refractivity (Wildman–Crippen MR) is 268 cm³/mol. The first-order valence-corrected chi connectivity index (χ1v) is 28.2. The number of hydrogen-bond acceptors (Lipinski definition) is 39. The van der Waals surface area contributed by atoms with E-state index in [-0.39, 0.29) is 5.57 Å². The summed E-state index contributed by atoms with van der Waals surface area (Å²) in [5.41, 5.74) is -0.0436. The molecule has 8 rings (SSSR count). The summed E-state index contributed by atoms with van der Waals surface area (Å²) in [6.07, 6.45) is -69.2. The normalized spacial score (nSPS) is 53.2. The molecule has 39 nitrogen and oxygen atoms in total. The second-order valence-electron chi connectivity index (χ2n) is 22.6. The van der Waals surface area contributed by atoms with E-state index in [0.717, 1.165) is 0 Å². The van der Waals surface area contributed by atoms with Gasteiger partial charge in [-0.25, -0.2) is 0 Å². The Morgan fingerprint density at radius 2 is 0.580 bits per heavy atom. The molecule has 0 unspecified atom stereocenters. The fraction of sp³-hybridized carbons (Fsp3) is 0.959. The Balaban J connectivity index is 0.848. The van der Waals surface area contributed by atoms with E-state index < -0.39 is 285 Å². The van der Waals surface area contributed by atoms with E-state index in [4.69, 9.17) is 61.6 Å². The largest absolute Gasteiger partial charge is 0.394 e. The van der Waals surface area contributed by atoms with Crippen molar-refractivity contribution in [3.05, 3.63) is 11.6 Å². The minimum absolute atomic E-state index is 0.0436. The molecule has 7 aliphatic heterocycles. The highest BCUT2D eigenvalue weighted by Gasteiger charge is 2.59. The number of aliphatic hydroxyl groups excluding tert-OH is 25. The minimum atomic E-state index is -2.24. The zero-order valence-corrected chi connectivity index (χ0v) is 46.5. The average Bonchev–Trinajstić information content (AvgIpc) is 1.23. The maximum atomic E-state index is 11.4. The van der Waals surface area contributed by atoms with Crippen molar-refractivity contribution in [2.45, 2.75) is 246 Å². The monoisotopic (exact) mass is 1290 g/mol. The van der Waals surface area contributed by atoms with Crippen molar-refractivity contribution >= 4 is 0 Å². The Labute approximate surface area is 497 Å². The summed E-state index contributed by atoms with van der Waals surface area (Å²) in [6, 6.07) is -2.38. The lowest BCUT2D eigenvalue weighted by Gasteiger charge is -2.50. The molecule has 8 aliphatic rings. The van der Waals surface area contributed by atoms with Crippen LogP contribution < -0.4 is 5.32 Å². The number of ether oxygens (including phenoxy) is 13. The van der Waals surface area contributed by atoms with Crippen molar-refractivity contribution in [3.8, 4) is 0 Å². The summed E-state index contributed by atoms with van der Waals surface area (Å²) >= 11 is 0. The number of rotatable bonds is 21. The fourth-order valence-corrected chi connectivity index (χ4v) is 11.8. The van der Waals surface area contributed by atoms with Crippen LogP contribution in [0.2, 0.25) is 0 Å². The van der Waals surface area contributed by atoms with Gasteiger partial charge in [0.15, 0.2) is 44.0 Å². The summed E-state index contributed by atoms with van der Waals surface area (Å²) < 4.78 is 73.1. The maximum Gasteiger partial charge on any atom is 0.187 e. The number of aliphatic hydroxyl groups is 25. The molecular weight excluding hydrogens is 1210 g/mol. The molecule has 0 aromatic carbocycles. The summed E-state index contributed by atoms with van der Waals surface area (Å²) in [4.78, 5) is 0. The highest BCUT2D eigenvalue weighted by atomic mass is 16.8. The molecule has 0 amide bonds. The molecule has 88 heavy (non-hydrogen) atoms. The molecule has 26 N–H and O–H groups in total. The summed E-state index contributed by atoms with van der Waals surface area (Å²) in [6.45, 7) is -5.36. The molecule has 39 atom stereocenters. The first-order chi connectivity index (χ1) is 41.7. The van der Waals surface area contributed by atoms with Crippen LogP contribution in [0.3, 0.4) is 0 Å². The molecule has 39 heteroatoms. The van der Waals surface area contributed by atoms with Crippen LogP contribution in [0.25, 0.3) is 0 Å². The first-order valence-electron chi connectivity index (χ1n) is 28.2. The second kappa shape index (κ2) is 30.7. The van der Waals surface area contributed by atoms with Gasteiger partial charge < -0.3 is 195 Å². The molecule has 7 saturated heterocycles. The smallest absolute Gasteiger partial charge is 0.187 e. The van der Waals surface area contributed by atoms with Gasteiger partial charge in [0.1, 0.15) is 177 Å². The second-order valence-corrected chi connectivity index (χ2v) is 22.6. The Kier molecular flexibility index (Phi) is 25.1. The van der Waals surface area contributed by atoms with Crippen LogP contribution in [-0.4, -0.2) is 413 Å². The molecule has 0 saturated carbocycles. The Hall–Kier alpha value is -1.82. The molecule has 512 valence electrons. The van der Waals surface area contributed by atoms with E-state index in [2.05, 4.69) is 5.32 Å². The Bertz CT molecular complexity index is 2180. The minimum Gasteiger partial charge on any atom is -0.394 e. The van der Waals surface area contributed by atoms with E-state index in [1.165, 1.54) is 13.0 Å². The SMILES string of the molecule is C[C@H]1O[C@H](O[C@H]2[C@H](O)[C@@H](O)[C@@H](O[C@H]3[C@H](O)[C@@H](O)[C@@H](O[C@H]4[C@H](O)[C@@H](O)[C@@H](O[C@H]5[C@H](O)[C@@H](O)[C@@H](O[C@H]6[C@H](O)[C@@H](O)[C@@H](O[C@H]7[C@H](O)[C@@H](O)[C@@H](O)O[C@@H]7CO)O[C@@H]6CO)O[C@@H]5CO)O[C@@H]4CO)O[C@@H]3CO)O[C@@H]2CO)[C@H](O)[C@@H](O)[C@@H]1N[C@H]1C=C(CO)[C@@H](O)[C@H](O)[C@H]1O. The van der Waals surface area contributed by atoms with Crippen molar-refractivity contribution in [3.63, 3.8) is 0 Å². The van der Waals surface area contributed by atoms with Crippen molar-refractivity contribution in [1.82, 2.24) is 5.32 Å². The van der Waals surface area contributed by atoms with Crippen molar-refractivity contribution < 1.29 is 189 Å². The number of hydrogen-bond donors (Lipinski definition) is 26. The van der Waals surface area contributed by atoms with Crippen LogP contribution in [0.15, 0.2) is 11.6 Å². The molecule has 0 aromatic rings. The van der Waals surface area contributed by atoms with Crippen molar-refractivity contribution in [1.29, 1.82) is 0 Å². The summed E-state index contributed by atoms with van der Waals surface area (Å²) in [7, 11) is 0. The van der Waals surface area contributed by atoms with Crippen molar-refractivity contribution in [2.75, 3.05) is 46.2 Å². The van der Waals surface area contributed by atoms with Crippen LogP contribution >= 0.6 is 0 Å². The van der Waals surface area contributed by atoms with Gasteiger partial charge >= 0.3 is 0 Å². The van der Waals surface area contributed by atoms with Gasteiger partial charge in [0.2, 0.25) is 0 Å². The molecule has 0 spiro atoms. The molecular formula is C49H83NO38. The van der Waals surface area contributed by atoms with E-state index in [0.29, 0.717) is 0 Å². The van der Waals surface area contributed by atoms with Gasteiger partial charge in [0.25, 0.3) is 0 Å². The molecule has 0 bridgehead atoms. The number of nitrogens with one attached hydrogen (secondary N) is 1. The van der Waals surface area contributed by atoms with E-state index in [1.807, 2.05) is 0 Å². The Morgan fingerprint density at radius 1 is 0.318 bits per heavy atom. The summed E-state index contributed by atoms with van der Waals surface area (Å²) in [5, 5.41) is 270. The lowest BCUT2D eigenvalue weighted by atomic mass is 9.86. The topological polar surface area (TPSA) is 638 Å². The van der Waals surface area contributed by atoms with Gasteiger partial charge in [-0.3, -0.25) is 0 Å². The highest BCUT2D eigenvalue weighted by Crippen LogP contribution is 2.38. The quantitative estimate of drug-likeness (QED) is 0.0475. The standard InChI is InChI=1S/C49H83NO38/c1-10-19(50-12-2-11(3-51)20(58)23(61)21(12)59)22(60)31(69)44(76-10)83-38-14(5-53)78-46(32(70)25(38)63)85-40-16(7-55)80-48(34(72)27(40)65)87-42-18(9-57)82-49(36(74)29(42)67)88-41-17(8-56)81-47(35(73)28(41)66)86-39-15(6-54)79-45(33(71)26(39)64)84-37-13(4-52)77-43(75)30(68)24(37)62/h2,10,12-75H,3-9H2,1H3/t10-,12+,13-,14-,15-,16-,17-,18-,19-,20-,21+,22+,23+,24-,25-,26-,27-,28-,29-,30-,31-,32-,33-,34-,35-,36-,37-,38-,39-,40-,41-,42-,43+,44-,45-,46-,47-,48-,49-/m1/s1. The highest BCUT2D eigenvalue weighted by molar-refractivity contribution is 5.22. The molecule has 0 aromatic heterocycles. The van der Waals surface area contributed by atoms with Crippen LogP contribution in [0.4, 0.5) is 0 Å². The maximum absolute atomic E-state index is 11.4. The van der Waals surface area contributed by atoms with Crippen LogP contribution in [0, 0.1) is 0 Å². The average molecular weight is 1290 g/mol. The first kappa shape index (κ1) is 72.0. The van der Waals surface area contributed by atoms with Crippen LogP contribution in [-0.2, 0) is 61.6 Å².